The molecule has 0 radical (unpaired) electrons. The number of thiazole rings is 1. The van der Waals surface area contributed by atoms with Gasteiger partial charge in [0.25, 0.3) is 5.91 Å². The van der Waals surface area contributed by atoms with Crippen LogP contribution in [0.15, 0.2) is 28.2 Å². The monoisotopic (exact) mass is 294 g/mol. The molecule has 0 saturated carbocycles. The largest absolute Gasteiger partial charge is 0.481 e. The molecule has 2 rings (SSSR count). The van der Waals surface area contributed by atoms with Gasteiger partial charge in [-0.05, 0) is 18.1 Å². The van der Waals surface area contributed by atoms with Crippen LogP contribution in [0, 0.1) is 5.92 Å². The first-order chi connectivity index (χ1) is 9.56. The van der Waals surface area contributed by atoms with Gasteiger partial charge in [0, 0.05) is 18.3 Å². The van der Waals surface area contributed by atoms with Crippen LogP contribution in [-0.2, 0) is 4.79 Å². The Hall–Kier alpha value is -2.15. The van der Waals surface area contributed by atoms with E-state index in [9.17, 15) is 9.59 Å². The third-order valence-electron chi connectivity index (χ3n) is 2.60. The summed E-state index contributed by atoms with van der Waals surface area (Å²) in [5.41, 5.74) is 0.309. The van der Waals surface area contributed by atoms with Crippen molar-refractivity contribution < 1.29 is 19.1 Å². The number of amides is 1. The molecule has 0 bridgehead atoms. The zero-order valence-corrected chi connectivity index (χ0v) is 11.6. The molecule has 2 N–H and O–H groups in total. The number of furan rings is 1. The molecule has 0 fully saturated rings. The minimum atomic E-state index is -0.875. The average molecular weight is 294 g/mol. The van der Waals surface area contributed by atoms with E-state index in [1.54, 1.807) is 30.7 Å². The Morgan fingerprint density at radius 1 is 1.55 bits per heavy atom. The number of carboxylic acid groups (broad SMARTS) is 1. The number of hydrogen-bond donors (Lipinski definition) is 2. The SMILES string of the molecule is CC(CNC(=O)c1csc(-c2ccco2)n1)CC(=O)O. The predicted molar refractivity (Wildman–Crippen MR) is 73.6 cm³/mol. The van der Waals surface area contributed by atoms with Gasteiger partial charge in [-0.25, -0.2) is 4.98 Å². The van der Waals surface area contributed by atoms with Crippen LogP contribution < -0.4 is 5.32 Å². The van der Waals surface area contributed by atoms with Gasteiger partial charge in [0.1, 0.15) is 5.69 Å². The fraction of sp³-hybridized carbons (Fsp3) is 0.308. The smallest absolute Gasteiger partial charge is 0.303 e. The topological polar surface area (TPSA) is 92.4 Å². The highest BCUT2D eigenvalue weighted by Crippen LogP contribution is 2.23. The summed E-state index contributed by atoms with van der Waals surface area (Å²) in [7, 11) is 0. The molecule has 1 atom stereocenters. The maximum absolute atomic E-state index is 11.9. The van der Waals surface area contributed by atoms with E-state index in [2.05, 4.69) is 10.3 Å². The highest BCUT2D eigenvalue weighted by Gasteiger charge is 2.14. The lowest BCUT2D eigenvalue weighted by Gasteiger charge is -2.08. The molecule has 0 saturated heterocycles. The molecular formula is C13H14N2O4S. The number of aromatic nitrogens is 1. The van der Waals surface area contributed by atoms with Crippen LogP contribution in [0.1, 0.15) is 23.8 Å². The lowest BCUT2D eigenvalue weighted by atomic mass is 10.1. The number of nitrogens with zero attached hydrogens (tertiary/aromatic N) is 1. The molecule has 1 unspecified atom stereocenters. The van der Waals surface area contributed by atoms with Gasteiger partial charge in [-0.3, -0.25) is 9.59 Å². The number of carboxylic acids is 1. The Kier molecular flexibility index (Phi) is 4.52. The maximum atomic E-state index is 11.9. The first-order valence-corrected chi connectivity index (χ1v) is 6.93. The Morgan fingerprint density at radius 2 is 2.35 bits per heavy atom. The van der Waals surface area contributed by atoms with Crippen LogP contribution in [0.5, 0.6) is 0 Å². The fourth-order valence-electron chi connectivity index (χ4n) is 1.62. The Bertz CT molecular complexity index is 591. The van der Waals surface area contributed by atoms with E-state index in [4.69, 9.17) is 9.52 Å². The third-order valence-corrected chi connectivity index (χ3v) is 3.46. The second-order valence-corrected chi connectivity index (χ2v) is 5.29. The standard InChI is InChI=1S/C13H14N2O4S/c1-8(5-11(16)17)6-14-12(18)9-7-20-13(15-9)10-3-2-4-19-10/h2-4,7-8H,5-6H2,1H3,(H,14,18)(H,16,17). The molecule has 7 heteroatoms. The summed E-state index contributed by atoms with van der Waals surface area (Å²) in [5.74, 6) is -0.690. The first kappa shape index (κ1) is 14.3. The summed E-state index contributed by atoms with van der Waals surface area (Å²) >= 11 is 1.32. The van der Waals surface area contributed by atoms with Crippen molar-refractivity contribution in [3.8, 4) is 10.8 Å². The van der Waals surface area contributed by atoms with Gasteiger partial charge in [0.2, 0.25) is 0 Å². The van der Waals surface area contributed by atoms with Crippen molar-refractivity contribution in [3.05, 3.63) is 29.5 Å². The van der Waals surface area contributed by atoms with Crippen LogP contribution in [-0.4, -0.2) is 28.5 Å². The Labute approximate surface area is 119 Å². The minimum absolute atomic E-state index is 0.0228. The molecule has 0 aliphatic rings. The molecule has 1 amide bonds. The average Bonchev–Trinajstić information content (AvgIpc) is 3.04. The van der Waals surface area contributed by atoms with Crippen LogP contribution in [0.25, 0.3) is 10.8 Å². The Balaban J connectivity index is 1.92. The molecule has 2 aromatic rings. The second-order valence-electron chi connectivity index (χ2n) is 4.43. The van der Waals surface area contributed by atoms with E-state index >= 15 is 0 Å². The van der Waals surface area contributed by atoms with Gasteiger partial charge in [-0.15, -0.1) is 11.3 Å². The van der Waals surface area contributed by atoms with E-state index in [-0.39, 0.29) is 18.2 Å². The molecule has 2 aromatic heterocycles. The summed E-state index contributed by atoms with van der Waals surface area (Å²) in [6.07, 6.45) is 1.57. The fourth-order valence-corrected chi connectivity index (χ4v) is 2.39. The highest BCUT2D eigenvalue weighted by molar-refractivity contribution is 7.13. The number of hydrogen-bond acceptors (Lipinski definition) is 5. The van der Waals surface area contributed by atoms with Crippen molar-refractivity contribution in [1.29, 1.82) is 0 Å². The predicted octanol–water partition coefficient (Wildman–Crippen LogP) is 2.24. The van der Waals surface area contributed by atoms with E-state index in [1.807, 2.05) is 0 Å². The first-order valence-electron chi connectivity index (χ1n) is 6.05. The summed E-state index contributed by atoms with van der Waals surface area (Å²) in [6.45, 7) is 2.07. The number of rotatable bonds is 6. The van der Waals surface area contributed by atoms with Gasteiger partial charge in [-0.2, -0.15) is 0 Å². The minimum Gasteiger partial charge on any atom is -0.481 e. The quantitative estimate of drug-likeness (QED) is 0.852. The van der Waals surface area contributed by atoms with Gasteiger partial charge >= 0.3 is 5.97 Å². The normalized spacial score (nSPS) is 12.1. The van der Waals surface area contributed by atoms with E-state index in [1.165, 1.54) is 11.3 Å². The number of nitrogens with one attached hydrogen (secondary N) is 1. The summed E-state index contributed by atoms with van der Waals surface area (Å²) in [6, 6.07) is 3.53. The third kappa shape index (κ3) is 3.67. The Morgan fingerprint density at radius 3 is 3.00 bits per heavy atom. The second kappa shape index (κ2) is 6.33. The highest BCUT2D eigenvalue weighted by atomic mass is 32.1. The summed E-state index contributed by atoms with van der Waals surface area (Å²) in [5, 5.41) is 13.6. The van der Waals surface area contributed by atoms with E-state index < -0.39 is 5.97 Å². The zero-order chi connectivity index (χ0) is 14.5. The van der Waals surface area contributed by atoms with Crippen molar-refractivity contribution in [3.63, 3.8) is 0 Å². The molecule has 0 spiro atoms. The van der Waals surface area contributed by atoms with E-state index in [0.717, 1.165) is 0 Å². The van der Waals surface area contributed by atoms with Crippen molar-refractivity contribution in [2.24, 2.45) is 5.92 Å². The van der Waals surface area contributed by atoms with Crippen LogP contribution >= 0.6 is 11.3 Å². The molecule has 106 valence electrons. The van der Waals surface area contributed by atoms with Crippen molar-refractivity contribution in [2.45, 2.75) is 13.3 Å². The van der Waals surface area contributed by atoms with Crippen LogP contribution in [0.3, 0.4) is 0 Å². The summed E-state index contributed by atoms with van der Waals surface area (Å²) in [4.78, 5) is 26.6. The lowest BCUT2D eigenvalue weighted by Crippen LogP contribution is -2.29. The molecule has 0 aliphatic carbocycles. The number of carbonyl (C=O) groups excluding carboxylic acids is 1. The van der Waals surface area contributed by atoms with Crippen molar-refractivity contribution in [2.75, 3.05) is 6.54 Å². The van der Waals surface area contributed by atoms with Gasteiger partial charge in [-0.1, -0.05) is 6.92 Å². The van der Waals surface area contributed by atoms with E-state index in [0.29, 0.717) is 23.0 Å². The summed E-state index contributed by atoms with van der Waals surface area (Å²) < 4.78 is 5.21. The van der Waals surface area contributed by atoms with Crippen LogP contribution in [0.4, 0.5) is 0 Å². The van der Waals surface area contributed by atoms with Crippen molar-refractivity contribution >= 4 is 23.2 Å². The van der Waals surface area contributed by atoms with Gasteiger partial charge < -0.3 is 14.8 Å². The molecule has 0 aromatic carbocycles. The van der Waals surface area contributed by atoms with Gasteiger partial charge in [0.15, 0.2) is 10.8 Å². The number of carbonyl (C=O) groups is 2. The lowest BCUT2D eigenvalue weighted by molar-refractivity contribution is -0.137. The zero-order valence-electron chi connectivity index (χ0n) is 10.8. The number of aliphatic carboxylic acids is 1. The molecule has 0 aliphatic heterocycles. The van der Waals surface area contributed by atoms with Crippen LogP contribution in [0.2, 0.25) is 0 Å². The molecule has 2 heterocycles. The maximum Gasteiger partial charge on any atom is 0.303 e. The van der Waals surface area contributed by atoms with Gasteiger partial charge in [0.05, 0.1) is 6.26 Å². The molecule has 20 heavy (non-hydrogen) atoms. The molecular weight excluding hydrogens is 280 g/mol. The molecule has 6 nitrogen and oxygen atoms in total. The van der Waals surface area contributed by atoms with Crippen molar-refractivity contribution in [1.82, 2.24) is 10.3 Å².